The number of ether oxygens (including phenoxy) is 1. The summed E-state index contributed by atoms with van der Waals surface area (Å²) in [6.07, 6.45) is 4.33. The van der Waals surface area contributed by atoms with Gasteiger partial charge in [-0.1, -0.05) is 12.1 Å². The van der Waals surface area contributed by atoms with Gasteiger partial charge in [-0.05, 0) is 36.6 Å². The van der Waals surface area contributed by atoms with E-state index in [1.165, 1.54) is 12.8 Å². The van der Waals surface area contributed by atoms with E-state index in [9.17, 15) is 5.26 Å². The van der Waals surface area contributed by atoms with Gasteiger partial charge in [-0.3, -0.25) is 0 Å². The number of thiazole rings is 1. The Labute approximate surface area is 122 Å². The third-order valence-electron chi connectivity index (χ3n) is 3.30. The largest absolute Gasteiger partial charge is 0.497 e. The van der Waals surface area contributed by atoms with E-state index < -0.39 is 0 Å². The molecule has 20 heavy (non-hydrogen) atoms. The molecule has 1 saturated carbocycles. The Morgan fingerprint density at radius 3 is 2.75 bits per heavy atom. The van der Waals surface area contributed by atoms with Crippen LogP contribution in [-0.2, 0) is 0 Å². The van der Waals surface area contributed by atoms with Crippen molar-refractivity contribution in [2.75, 3.05) is 7.11 Å². The molecule has 1 fully saturated rings. The maximum Gasteiger partial charge on any atom is 0.134 e. The van der Waals surface area contributed by atoms with Crippen LogP contribution in [0.25, 0.3) is 11.6 Å². The molecule has 2 aromatic rings. The van der Waals surface area contributed by atoms with E-state index in [4.69, 9.17) is 4.74 Å². The topological polar surface area (TPSA) is 45.9 Å². The van der Waals surface area contributed by atoms with E-state index in [1.807, 2.05) is 30.3 Å². The third kappa shape index (κ3) is 2.73. The minimum Gasteiger partial charge on any atom is -0.497 e. The zero-order valence-electron chi connectivity index (χ0n) is 11.2. The van der Waals surface area contributed by atoms with Crippen LogP contribution < -0.4 is 4.74 Å². The van der Waals surface area contributed by atoms with Gasteiger partial charge in [0.25, 0.3) is 0 Å². The maximum absolute atomic E-state index is 9.33. The summed E-state index contributed by atoms with van der Waals surface area (Å²) in [6, 6.07) is 9.89. The van der Waals surface area contributed by atoms with Crippen LogP contribution in [0.15, 0.2) is 29.6 Å². The van der Waals surface area contributed by atoms with Gasteiger partial charge in [-0.2, -0.15) is 5.26 Å². The van der Waals surface area contributed by atoms with Crippen molar-refractivity contribution >= 4 is 23.0 Å². The highest BCUT2D eigenvalue weighted by Gasteiger charge is 2.26. The minimum absolute atomic E-state index is 0.618. The van der Waals surface area contributed by atoms with Gasteiger partial charge in [0, 0.05) is 11.3 Å². The van der Waals surface area contributed by atoms with Crippen molar-refractivity contribution < 1.29 is 4.74 Å². The van der Waals surface area contributed by atoms with Crippen LogP contribution in [0.1, 0.15) is 35.0 Å². The first-order chi connectivity index (χ1) is 9.80. The molecule has 0 atom stereocenters. The second kappa shape index (κ2) is 5.48. The summed E-state index contributed by atoms with van der Waals surface area (Å²) in [4.78, 5) is 4.58. The quantitative estimate of drug-likeness (QED) is 0.793. The van der Waals surface area contributed by atoms with Gasteiger partial charge in [0.1, 0.15) is 16.8 Å². The molecule has 0 N–H and O–H groups in total. The third-order valence-corrected chi connectivity index (χ3v) is 4.19. The fourth-order valence-electron chi connectivity index (χ4n) is 1.99. The lowest BCUT2D eigenvalue weighted by atomic mass is 10.1. The molecular formula is C16H14N2OS. The molecule has 3 nitrogen and oxygen atoms in total. The molecule has 0 aliphatic heterocycles. The van der Waals surface area contributed by atoms with Crippen LogP contribution in [-0.4, -0.2) is 12.1 Å². The van der Waals surface area contributed by atoms with Gasteiger partial charge in [0.2, 0.25) is 0 Å². The van der Waals surface area contributed by atoms with Crippen molar-refractivity contribution in [1.82, 2.24) is 4.98 Å². The Morgan fingerprint density at radius 2 is 2.15 bits per heavy atom. The van der Waals surface area contributed by atoms with E-state index in [-0.39, 0.29) is 0 Å². The monoisotopic (exact) mass is 282 g/mol. The molecule has 0 spiro atoms. The smallest absolute Gasteiger partial charge is 0.134 e. The van der Waals surface area contributed by atoms with Crippen molar-refractivity contribution in [1.29, 1.82) is 5.26 Å². The van der Waals surface area contributed by atoms with Crippen LogP contribution in [0, 0.1) is 11.3 Å². The molecule has 0 unspecified atom stereocenters. The first-order valence-corrected chi connectivity index (χ1v) is 7.40. The average Bonchev–Trinajstić information content (AvgIpc) is 3.23. The van der Waals surface area contributed by atoms with E-state index in [1.54, 1.807) is 18.4 Å². The summed E-state index contributed by atoms with van der Waals surface area (Å²) < 4.78 is 5.13. The number of hydrogen-bond donors (Lipinski definition) is 0. The first-order valence-electron chi connectivity index (χ1n) is 6.52. The minimum atomic E-state index is 0.618. The zero-order valence-corrected chi connectivity index (χ0v) is 12.0. The second-order valence-corrected chi connectivity index (χ2v) is 5.65. The van der Waals surface area contributed by atoms with Crippen LogP contribution in [0.2, 0.25) is 0 Å². The SMILES string of the molecule is COc1ccc(/C=C(\C#N)c2nc(C3CC3)cs2)cc1. The summed E-state index contributed by atoms with van der Waals surface area (Å²) in [7, 11) is 1.64. The van der Waals surface area contributed by atoms with Crippen molar-refractivity contribution in [3.05, 3.63) is 45.9 Å². The predicted molar refractivity (Wildman–Crippen MR) is 80.6 cm³/mol. The molecule has 1 aromatic carbocycles. The van der Waals surface area contributed by atoms with E-state index in [0.717, 1.165) is 22.0 Å². The zero-order chi connectivity index (χ0) is 13.9. The van der Waals surface area contributed by atoms with Gasteiger partial charge in [0.05, 0.1) is 18.4 Å². The summed E-state index contributed by atoms with van der Waals surface area (Å²) in [6.45, 7) is 0. The Morgan fingerprint density at radius 1 is 1.40 bits per heavy atom. The molecule has 1 aromatic heterocycles. The average molecular weight is 282 g/mol. The molecule has 1 heterocycles. The first kappa shape index (κ1) is 12.9. The highest BCUT2D eigenvalue weighted by Crippen LogP contribution is 2.40. The lowest BCUT2D eigenvalue weighted by Gasteiger charge is -1.99. The summed E-state index contributed by atoms with van der Waals surface area (Å²) in [5, 5.41) is 12.2. The van der Waals surface area contributed by atoms with Crippen molar-refractivity contribution in [2.45, 2.75) is 18.8 Å². The van der Waals surface area contributed by atoms with E-state index in [2.05, 4.69) is 16.4 Å². The van der Waals surface area contributed by atoms with Gasteiger partial charge in [0.15, 0.2) is 0 Å². The number of methoxy groups -OCH3 is 1. The number of benzene rings is 1. The van der Waals surface area contributed by atoms with Crippen LogP contribution >= 0.6 is 11.3 Å². The summed E-state index contributed by atoms with van der Waals surface area (Å²) in [5.41, 5.74) is 2.73. The molecule has 1 aliphatic rings. The fourth-order valence-corrected chi connectivity index (χ4v) is 2.85. The predicted octanol–water partition coefficient (Wildman–Crippen LogP) is 4.09. The molecule has 0 radical (unpaired) electrons. The lowest BCUT2D eigenvalue weighted by Crippen LogP contribution is -1.85. The van der Waals surface area contributed by atoms with Gasteiger partial charge >= 0.3 is 0 Å². The van der Waals surface area contributed by atoms with Crippen LogP contribution in [0.3, 0.4) is 0 Å². The molecule has 0 saturated heterocycles. The fraction of sp³-hybridized carbons (Fsp3) is 0.250. The normalized spacial score (nSPS) is 14.9. The highest BCUT2D eigenvalue weighted by atomic mass is 32.1. The second-order valence-electron chi connectivity index (χ2n) is 4.79. The van der Waals surface area contributed by atoms with Gasteiger partial charge < -0.3 is 4.74 Å². The van der Waals surface area contributed by atoms with Crippen molar-refractivity contribution in [3.8, 4) is 11.8 Å². The van der Waals surface area contributed by atoms with Gasteiger partial charge in [-0.15, -0.1) is 11.3 Å². The molecule has 3 rings (SSSR count). The number of nitrogens with zero attached hydrogens (tertiary/aromatic N) is 2. The molecule has 0 bridgehead atoms. The van der Waals surface area contributed by atoms with Crippen molar-refractivity contribution in [2.24, 2.45) is 0 Å². The molecule has 4 heteroatoms. The number of rotatable bonds is 4. The molecule has 0 amide bonds. The molecular weight excluding hydrogens is 268 g/mol. The standard InChI is InChI=1S/C16H14N2OS/c1-19-14-6-2-11(3-7-14)8-13(9-17)16-18-15(10-20-16)12-4-5-12/h2-3,6-8,10,12H,4-5H2,1H3/b13-8+. The lowest BCUT2D eigenvalue weighted by molar-refractivity contribution is 0.415. The Balaban J connectivity index is 1.87. The number of aromatic nitrogens is 1. The van der Waals surface area contributed by atoms with Crippen LogP contribution in [0.4, 0.5) is 0 Å². The Hall–Kier alpha value is -2.12. The summed E-state index contributed by atoms with van der Waals surface area (Å²) >= 11 is 1.55. The molecule has 100 valence electrons. The maximum atomic E-state index is 9.33. The Bertz CT molecular complexity index is 675. The van der Waals surface area contributed by atoms with Crippen LogP contribution in [0.5, 0.6) is 5.75 Å². The Kier molecular flexibility index (Phi) is 3.53. The summed E-state index contributed by atoms with van der Waals surface area (Å²) in [5.74, 6) is 1.44. The number of hydrogen-bond acceptors (Lipinski definition) is 4. The van der Waals surface area contributed by atoms with E-state index in [0.29, 0.717) is 11.5 Å². The highest BCUT2D eigenvalue weighted by molar-refractivity contribution is 7.11. The number of nitriles is 1. The van der Waals surface area contributed by atoms with E-state index >= 15 is 0 Å². The van der Waals surface area contributed by atoms with Crippen molar-refractivity contribution in [3.63, 3.8) is 0 Å². The van der Waals surface area contributed by atoms with Gasteiger partial charge in [-0.25, -0.2) is 4.98 Å². The number of allylic oxidation sites excluding steroid dienone is 1. The molecule has 1 aliphatic carbocycles.